The Morgan fingerprint density at radius 1 is 1.00 bits per heavy atom. The zero-order valence-corrected chi connectivity index (χ0v) is 16.3. The molecule has 0 spiro atoms. The quantitative estimate of drug-likeness (QED) is 0.613. The predicted octanol–water partition coefficient (Wildman–Crippen LogP) is 3.68. The van der Waals surface area contributed by atoms with Crippen LogP contribution in [0, 0.1) is 11.9 Å². The van der Waals surface area contributed by atoms with Crippen LogP contribution in [-0.4, -0.2) is 40.5 Å². The van der Waals surface area contributed by atoms with Crippen molar-refractivity contribution < 1.29 is 13.6 Å². The molecule has 2 aliphatic heterocycles. The summed E-state index contributed by atoms with van der Waals surface area (Å²) in [4.78, 5) is 29.2. The Morgan fingerprint density at radius 2 is 1.83 bits per heavy atom. The van der Waals surface area contributed by atoms with Gasteiger partial charge in [0, 0.05) is 26.1 Å². The zero-order valence-electron chi connectivity index (χ0n) is 15.4. The standard InChI is InChI=1S/C20H17F2N5OS/c21-15-5-3-12(11-23-15)27-10-7-14-17(20(27)28)29-19(24-14)13-4-6-16(25-18(13)22)26-8-1-2-9-26/h3-6,11H,1-2,7-10H2. The summed E-state index contributed by atoms with van der Waals surface area (Å²) in [6, 6.07) is 6.24. The van der Waals surface area contributed by atoms with Crippen LogP contribution in [0.2, 0.25) is 0 Å². The van der Waals surface area contributed by atoms with Gasteiger partial charge in [-0.25, -0.2) is 15.0 Å². The molecule has 6 nitrogen and oxygen atoms in total. The van der Waals surface area contributed by atoms with Gasteiger partial charge in [0.2, 0.25) is 11.9 Å². The highest BCUT2D eigenvalue weighted by Crippen LogP contribution is 2.34. The lowest BCUT2D eigenvalue weighted by Gasteiger charge is -2.25. The van der Waals surface area contributed by atoms with Crippen molar-refractivity contribution in [2.45, 2.75) is 19.3 Å². The van der Waals surface area contributed by atoms with Gasteiger partial charge in [0.15, 0.2) is 0 Å². The van der Waals surface area contributed by atoms with Crippen molar-refractivity contribution in [1.82, 2.24) is 15.0 Å². The zero-order chi connectivity index (χ0) is 20.0. The summed E-state index contributed by atoms with van der Waals surface area (Å²) in [5, 5.41) is 0.445. The SMILES string of the molecule is O=C1c2sc(-c3ccc(N4CCCC4)nc3F)nc2CCN1c1ccc(F)nc1. The van der Waals surface area contributed by atoms with Crippen LogP contribution >= 0.6 is 11.3 Å². The summed E-state index contributed by atoms with van der Waals surface area (Å²) in [6.45, 7) is 2.19. The maximum Gasteiger partial charge on any atom is 0.270 e. The number of aromatic nitrogens is 3. The molecule has 0 radical (unpaired) electrons. The largest absolute Gasteiger partial charge is 0.357 e. The first-order valence-electron chi connectivity index (χ1n) is 9.45. The van der Waals surface area contributed by atoms with Crippen LogP contribution in [0.15, 0.2) is 30.5 Å². The van der Waals surface area contributed by atoms with Gasteiger partial charge < -0.3 is 9.80 Å². The van der Waals surface area contributed by atoms with Gasteiger partial charge in [-0.05, 0) is 37.1 Å². The molecule has 1 amide bonds. The van der Waals surface area contributed by atoms with Crippen LogP contribution in [0.5, 0.6) is 0 Å². The van der Waals surface area contributed by atoms with Gasteiger partial charge in [-0.3, -0.25) is 4.79 Å². The number of carbonyl (C=O) groups is 1. The summed E-state index contributed by atoms with van der Waals surface area (Å²) in [6.07, 6.45) is 4.05. The fraction of sp³-hybridized carbons (Fsp3) is 0.300. The molecule has 0 atom stereocenters. The lowest BCUT2D eigenvalue weighted by Crippen LogP contribution is -2.37. The van der Waals surface area contributed by atoms with E-state index in [1.807, 2.05) is 6.07 Å². The van der Waals surface area contributed by atoms with Crippen molar-refractivity contribution in [2.24, 2.45) is 0 Å². The van der Waals surface area contributed by atoms with Gasteiger partial charge in [-0.2, -0.15) is 8.78 Å². The van der Waals surface area contributed by atoms with Crippen LogP contribution in [0.3, 0.4) is 0 Å². The first-order valence-corrected chi connectivity index (χ1v) is 10.3. The normalized spacial score (nSPS) is 16.4. The average Bonchev–Trinajstić information content (AvgIpc) is 3.39. The van der Waals surface area contributed by atoms with E-state index in [9.17, 15) is 13.6 Å². The molecule has 0 bridgehead atoms. The van der Waals surface area contributed by atoms with Crippen molar-refractivity contribution in [3.63, 3.8) is 0 Å². The van der Waals surface area contributed by atoms with Gasteiger partial charge in [0.25, 0.3) is 5.91 Å². The highest BCUT2D eigenvalue weighted by molar-refractivity contribution is 7.17. The van der Waals surface area contributed by atoms with Gasteiger partial charge in [0.05, 0.1) is 23.1 Å². The molecule has 3 aromatic heterocycles. The van der Waals surface area contributed by atoms with E-state index in [4.69, 9.17) is 0 Å². The maximum atomic E-state index is 14.7. The molecule has 1 fully saturated rings. The summed E-state index contributed by atoms with van der Waals surface area (Å²) >= 11 is 1.16. The Labute approximate surface area is 169 Å². The second-order valence-electron chi connectivity index (χ2n) is 7.04. The van der Waals surface area contributed by atoms with Gasteiger partial charge >= 0.3 is 0 Å². The number of halogens is 2. The molecule has 9 heteroatoms. The molecule has 29 heavy (non-hydrogen) atoms. The Balaban J connectivity index is 1.44. The fourth-order valence-electron chi connectivity index (χ4n) is 3.73. The maximum absolute atomic E-state index is 14.7. The minimum absolute atomic E-state index is 0.231. The smallest absolute Gasteiger partial charge is 0.270 e. The van der Waals surface area contributed by atoms with E-state index >= 15 is 0 Å². The number of amides is 1. The fourth-order valence-corrected chi connectivity index (χ4v) is 4.80. The predicted molar refractivity (Wildman–Crippen MR) is 106 cm³/mol. The molecule has 1 saturated heterocycles. The minimum atomic E-state index is -0.598. The summed E-state index contributed by atoms with van der Waals surface area (Å²) < 4.78 is 27.8. The minimum Gasteiger partial charge on any atom is -0.357 e. The second-order valence-corrected chi connectivity index (χ2v) is 8.04. The van der Waals surface area contributed by atoms with E-state index in [-0.39, 0.29) is 5.91 Å². The molecule has 0 aromatic carbocycles. The molecule has 148 valence electrons. The Hall–Kier alpha value is -2.94. The summed E-state index contributed by atoms with van der Waals surface area (Å²) in [7, 11) is 0. The van der Waals surface area contributed by atoms with Crippen molar-refractivity contribution in [3.05, 3.63) is 52.9 Å². The van der Waals surface area contributed by atoms with E-state index in [2.05, 4.69) is 19.9 Å². The molecular formula is C20H17F2N5OS. The molecule has 2 aliphatic rings. The number of nitrogens with zero attached hydrogens (tertiary/aromatic N) is 5. The molecule has 5 rings (SSSR count). The van der Waals surface area contributed by atoms with Gasteiger partial charge in [-0.1, -0.05) is 0 Å². The van der Waals surface area contributed by atoms with Gasteiger partial charge in [0.1, 0.15) is 15.7 Å². The van der Waals surface area contributed by atoms with Crippen LogP contribution < -0.4 is 9.80 Å². The van der Waals surface area contributed by atoms with Gasteiger partial charge in [-0.15, -0.1) is 11.3 Å². The van der Waals surface area contributed by atoms with Crippen molar-refractivity contribution in [3.8, 4) is 10.6 Å². The molecule has 0 unspecified atom stereocenters. The summed E-state index contributed by atoms with van der Waals surface area (Å²) in [5.74, 6) is -0.770. The highest BCUT2D eigenvalue weighted by atomic mass is 32.1. The third kappa shape index (κ3) is 3.25. The van der Waals surface area contributed by atoms with Crippen molar-refractivity contribution >= 4 is 28.7 Å². The highest BCUT2D eigenvalue weighted by Gasteiger charge is 2.30. The topological polar surface area (TPSA) is 62.2 Å². The van der Waals surface area contributed by atoms with Crippen molar-refractivity contribution in [2.75, 3.05) is 29.4 Å². The van der Waals surface area contributed by atoms with Crippen LogP contribution in [-0.2, 0) is 6.42 Å². The monoisotopic (exact) mass is 413 g/mol. The first-order chi connectivity index (χ1) is 14.1. The van der Waals surface area contributed by atoms with Crippen LogP contribution in [0.4, 0.5) is 20.3 Å². The van der Waals surface area contributed by atoms with Crippen LogP contribution in [0.25, 0.3) is 10.6 Å². The number of pyridine rings is 2. The Morgan fingerprint density at radius 3 is 2.55 bits per heavy atom. The summed E-state index contributed by atoms with van der Waals surface area (Å²) in [5.41, 5.74) is 1.49. The number of carbonyl (C=O) groups excluding carboxylic acids is 1. The molecule has 0 N–H and O–H groups in total. The second kappa shape index (κ2) is 7.14. The number of anilines is 2. The number of hydrogen-bond acceptors (Lipinski definition) is 6. The Kier molecular flexibility index (Phi) is 4.46. The molecular weight excluding hydrogens is 396 g/mol. The number of fused-ring (bicyclic) bond motifs is 1. The van der Waals surface area contributed by atoms with E-state index < -0.39 is 11.9 Å². The molecule has 0 aliphatic carbocycles. The van der Waals surface area contributed by atoms with E-state index in [0.717, 1.165) is 37.3 Å². The number of hydrogen-bond donors (Lipinski definition) is 0. The van der Waals surface area contributed by atoms with E-state index in [1.54, 1.807) is 11.0 Å². The molecule has 0 saturated carbocycles. The lowest BCUT2D eigenvalue weighted by molar-refractivity contribution is 0.0984. The number of rotatable bonds is 3. The molecule has 5 heterocycles. The van der Waals surface area contributed by atoms with E-state index in [0.29, 0.717) is 45.6 Å². The van der Waals surface area contributed by atoms with Crippen molar-refractivity contribution in [1.29, 1.82) is 0 Å². The third-order valence-corrected chi connectivity index (χ3v) is 6.35. The van der Waals surface area contributed by atoms with Crippen LogP contribution in [0.1, 0.15) is 28.2 Å². The van der Waals surface area contributed by atoms with E-state index in [1.165, 1.54) is 18.3 Å². The Bertz CT molecular complexity index is 1080. The lowest BCUT2D eigenvalue weighted by atomic mass is 10.1. The average molecular weight is 413 g/mol. The number of thiazole rings is 1. The third-order valence-electron chi connectivity index (χ3n) is 5.23. The first kappa shape index (κ1) is 18.1. The molecule has 3 aromatic rings.